The normalized spacial score (nSPS) is 12.9. The van der Waals surface area contributed by atoms with E-state index in [4.69, 9.17) is 23.9 Å². The number of aryl methyl sites for hydroxylation is 1. The zero-order chi connectivity index (χ0) is 23.0. The Labute approximate surface area is 189 Å². The van der Waals surface area contributed by atoms with Crippen LogP contribution in [0.4, 0.5) is 10.1 Å². The van der Waals surface area contributed by atoms with Gasteiger partial charge in [-0.05, 0) is 36.2 Å². The van der Waals surface area contributed by atoms with Crippen LogP contribution < -0.4 is 5.73 Å². The van der Waals surface area contributed by atoms with Crippen molar-refractivity contribution in [3.8, 4) is 11.3 Å². The number of halogens is 2. The van der Waals surface area contributed by atoms with Gasteiger partial charge in [0.05, 0.1) is 37.3 Å². The van der Waals surface area contributed by atoms with Gasteiger partial charge in [0.25, 0.3) is 5.91 Å². The summed E-state index contributed by atoms with van der Waals surface area (Å²) in [6.07, 6.45) is 0.172. The lowest BCUT2D eigenvalue weighted by Gasteiger charge is -2.28. The number of nitrogens with zero attached hydrogens (tertiary/aromatic N) is 4. The number of primary amides is 1. The van der Waals surface area contributed by atoms with Crippen molar-refractivity contribution in [3.63, 3.8) is 0 Å². The predicted molar refractivity (Wildman–Crippen MR) is 118 cm³/mol. The monoisotopic (exact) mass is 451 g/mol. The SMILES string of the molecule is [C-]#[N+]c1ccc(CC(=O)N2CCn3nc(-c4cc(F)cc(Cl)c4)c(C(N)=O)c3C2)cc1C. The Balaban J connectivity index is 1.62. The lowest BCUT2D eigenvalue weighted by atomic mass is 10.0. The second kappa shape index (κ2) is 8.44. The lowest BCUT2D eigenvalue weighted by molar-refractivity contribution is -0.132. The molecule has 3 aromatic rings. The highest BCUT2D eigenvalue weighted by molar-refractivity contribution is 6.30. The van der Waals surface area contributed by atoms with Gasteiger partial charge in [0, 0.05) is 17.1 Å². The summed E-state index contributed by atoms with van der Waals surface area (Å²) in [6, 6.07) is 9.23. The summed E-state index contributed by atoms with van der Waals surface area (Å²) in [6.45, 7) is 9.92. The summed E-state index contributed by atoms with van der Waals surface area (Å²) in [4.78, 5) is 30.3. The first-order valence-corrected chi connectivity index (χ1v) is 10.3. The van der Waals surface area contributed by atoms with Crippen LogP contribution in [0.3, 0.4) is 0 Å². The summed E-state index contributed by atoms with van der Waals surface area (Å²) in [5.74, 6) is -1.37. The smallest absolute Gasteiger partial charge is 0.252 e. The summed E-state index contributed by atoms with van der Waals surface area (Å²) >= 11 is 5.97. The molecule has 0 bridgehead atoms. The maximum atomic E-state index is 13.9. The van der Waals surface area contributed by atoms with Gasteiger partial charge in [0.15, 0.2) is 5.69 Å². The van der Waals surface area contributed by atoms with E-state index in [-0.39, 0.29) is 35.2 Å². The first kappa shape index (κ1) is 21.5. The number of fused-ring (bicyclic) bond motifs is 1. The molecule has 0 fully saturated rings. The third-order valence-corrected chi connectivity index (χ3v) is 5.67. The number of carbonyl (C=O) groups excluding carboxylic acids is 2. The van der Waals surface area contributed by atoms with Crippen molar-refractivity contribution >= 4 is 29.1 Å². The molecule has 0 atom stereocenters. The first-order chi connectivity index (χ1) is 15.3. The Kier molecular flexibility index (Phi) is 5.68. The molecular weight excluding hydrogens is 433 g/mol. The minimum Gasteiger partial charge on any atom is -0.365 e. The molecule has 0 saturated carbocycles. The Bertz CT molecular complexity index is 1270. The van der Waals surface area contributed by atoms with Gasteiger partial charge in [0.2, 0.25) is 5.91 Å². The number of rotatable bonds is 4. The number of benzene rings is 2. The Morgan fingerprint density at radius 2 is 2.03 bits per heavy atom. The molecule has 4 rings (SSSR count). The fraction of sp³-hybridized carbons (Fsp3) is 0.217. The van der Waals surface area contributed by atoms with Gasteiger partial charge in [-0.1, -0.05) is 29.8 Å². The molecular formula is C23H19ClFN5O2. The summed E-state index contributed by atoms with van der Waals surface area (Å²) in [5, 5.41) is 4.64. The highest BCUT2D eigenvalue weighted by Crippen LogP contribution is 2.31. The average Bonchev–Trinajstić information content (AvgIpc) is 3.12. The van der Waals surface area contributed by atoms with Crippen molar-refractivity contribution < 1.29 is 14.0 Å². The predicted octanol–water partition coefficient (Wildman–Crippen LogP) is 3.89. The van der Waals surface area contributed by atoms with Crippen molar-refractivity contribution in [2.45, 2.75) is 26.4 Å². The minimum atomic E-state index is -0.707. The van der Waals surface area contributed by atoms with E-state index < -0.39 is 11.7 Å². The van der Waals surface area contributed by atoms with Gasteiger partial charge in [0.1, 0.15) is 11.5 Å². The van der Waals surface area contributed by atoms with Gasteiger partial charge < -0.3 is 10.6 Å². The van der Waals surface area contributed by atoms with Crippen molar-refractivity contribution in [2.75, 3.05) is 6.54 Å². The van der Waals surface area contributed by atoms with Crippen LogP contribution in [0.5, 0.6) is 0 Å². The molecule has 2 N–H and O–H groups in total. The average molecular weight is 452 g/mol. The van der Waals surface area contributed by atoms with E-state index in [2.05, 4.69) is 9.94 Å². The van der Waals surface area contributed by atoms with E-state index in [0.717, 1.165) is 17.2 Å². The first-order valence-electron chi connectivity index (χ1n) is 9.87. The van der Waals surface area contributed by atoms with E-state index >= 15 is 0 Å². The highest BCUT2D eigenvalue weighted by Gasteiger charge is 2.29. The third-order valence-electron chi connectivity index (χ3n) is 5.45. The standard InChI is InChI=1S/C23H19ClFN5O2/c1-13-7-14(3-4-18(13)27-2)8-20(31)29-5-6-30-19(12-29)21(23(26)32)22(28-30)15-9-16(24)11-17(25)10-15/h3-4,7,9-11H,5-6,8,12H2,1H3,(H2,26,32). The van der Waals surface area contributed by atoms with Crippen LogP contribution in [-0.4, -0.2) is 33.0 Å². The largest absolute Gasteiger partial charge is 0.365 e. The molecule has 7 nitrogen and oxygen atoms in total. The lowest BCUT2D eigenvalue weighted by Crippen LogP contribution is -2.40. The summed E-state index contributed by atoms with van der Waals surface area (Å²) in [5.41, 5.74) is 9.07. The van der Waals surface area contributed by atoms with Crippen LogP contribution in [-0.2, 0) is 24.3 Å². The number of aromatic nitrogens is 2. The van der Waals surface area contributed by atoms with Crippen LogP contribution in [0.25, 0.3) is 16.1 Å². The fourth-order valence-electron chi connectivity index (χ4n) is 3.92. The van der Waals surface area contributed by atoms with Crippen LogP contribution in [0.1, 0.15) is 27.2 Å². The molecule has 2 aromatic carbocycles. The quantitative estimate of drug-likeness (QED) is 0.611. The van der Waals surface area contributed by atoms with Gasteiger partial charge in [-0.25, -0.2) is 9.24 Å². The number of amides is 2. The van der Waals surface area contributed by atoms with Crippen molar-refractivity contribution in [3.05, 3.63) is 81.0 Å². The molecule has 32 heavy (non-hydrogen) atoms. The number of hydrogen-bond donors (Lipinski definition) is 1. The van der Waals surface area contributed by atoms with Crippen molar-refractivity contribution in [2.24, 2.45) is 5.73 Å². The van der Waals surface area contributed by atoms with Crippen LogP contribution in [0, 0.1) is 19.3 Å². The number of carbonyl (C=O) groups is 2. The van der Waals surface area contributed by atoms with E-state index in [1.54, 1.807) is 21.7 Å². The molecule has 2 amide bonds. The zero-order valence-corrected chi connectivity index (χ0v) is 18.0. The van der Waals surface area contributed by atoms with Crippen molar-refractivity contribution in [1.29, 1.82) is 0 Å². The molecule has 2 heterocycles. The van der Waals surface area contributed by atoms with Crippen LogP contribution in [0.15, 0.2) is 36.4 Å². The van der Waals surface area contributed by atoms with Crippen LogP contribution in [0.2, 0.25) is 5.02 Å². The number of nitrogens with two attached hydrogens (primary N) is 1. The third kappa shape index (κ3) is 4.07. The number of hydrogen-bond acceptors (Lipinski definition) is 3. The molecule has 0 aliphatic carbocycles. The Morgan fingerprint density at radius 1 is 1.25 bits per heavy atom. The van der Waals surface area contributed by atoms with Crippen molar-refractivity contribution in [1.82, 2.24) is 14.7 Å². The second-order valence-corrected chi connectivity index (χ2v) is 8.08. The molecule has 0 unspecified atom stereocenters. The van der Waals surface area contributed by atoms with E-state index in [9.17, 15) is 14.0 Å². The van der Waals surface area contributed by atoms with Gasteiger partial charge in [-0.3, -0.25) is 14.3 Å². The Hall–Kier alpha value is -3.70. The molecule has 162 valence electrons. The van der Waals surface area contributed by atoms with Gasteiger partial charge in [-0.2, -0.15) is 5.10 Å². The molecule has 0 radical (unpaired) electrons. The minimum absolute atomic E-state index is 0.113. The molecule has 9 heteroatoms. The van der Waals surface area contributed by atoms with Gasteiger partial charge >= 0.3 is 0 Å². The van der Waals surface area contributed by atoms with E-state index in [1.165, 1.54) is 12.1 Å². The summed E-state index contributed by atoms with van der Waals surface area (Å²) < 4.78 is 15.5. The second-order valence-electron chi connectivity index (χ2n) is 7.64. The molecule has 1 aliphatic heterocycles. The van der Waals surface area contributed by atoms with E-state index in [1.807, 2.05) is 13.0 Å². The highest BCUT2D eigenvalue weighted by atomic mass is 35.5. The van der Waals surface area contributed by atoms with E-state index in [0.29, 0.717) is 30.0 Å². The fourth-order valence-corrected chi connectivity index (χ4v) is 4.14. The molecule has 0 spiro atoms. The van der Waals surface area contributed by atoms with Gasteiger partial charge in [-0.15, -0.1) is 0 Å². The zero-order valence-electron chi connectivity index (χ0n) is 17.2. The molecule has 1 aromatic heterocycles. The maximum Gasteiger partial charge on any atom is 0.252 e. The maximum absolute atomic E-state index is 13.9. The van der Waals surface area contributed by atoms with Crippen LogP contribution >= 0.6 is 11.6 Å². The Morgan fingerprint density at radius 3 is 2.69 bits per heavy atom. The molecule has 0 saturated heterocycles. The summed E-state index contributed by atoms with van der Waals surface area (Å²) in [7, 11) is 0. The molecule has 1 aliphatic rings. The topological polar surface area (TPSA) is 85.6 Å².